The highest BCUT2D eigenvalue weighted by molar-refractivity contribution is 9.10. The molecule has 0 saturated heterocycles. The largest absolute Gasteiger partial charge is 0.340 e. The summed E-state index contributed by atoms with van der Waals surface area (Å²) in [6.45, 7) is 1.13. The van der Waals surface area contributed by atoms with Crippen molar-refractivity contribution in [2.75, 3.05) is 6.54 Å². The maximum absolute atomic E-state index is 13.4. The lowest BCUT2D eigenvalue weighted by Gasteiger charge is -2.05. The molecule has 1 aromatic heterocycles. The third kappa shape index (κ3) is 3.61. The summed E-state index contributed by atoms with van der Waals surface area (Å²) in [5.41, 5.74) is 0.630. The van der Waals surface area contributed by atoms with Gasteiger partial charge in [-0.15, -0.1) is 0 Å². The molecule has 0 saturated carbocycles. The van der Waals surface area contributed by atoms with Crippen molar-refractivity contribution >= 4 is 15.9 Å². The van der Waals surface area contributed by atoms with Crippen molar-refractivity contribution < 1.29 is 8.91 Å². The van der Waals surface area contributed by atoms with Gasteiger partial charge in [0.15, 0.2) is 6.33 Å². The summed E-state index contributed by atoms with van der Waals surface area (Å²) < 4.78 is 19.1. The molecule has 0 spiro atoms. The van der Waals surface area contributed by atoms with Crippen molar-refractivity contribution in [3.63, 3.8) is 0 Å². The number of nitrogens with one attached hydrogen (secondary N) is 1. The molecule has 1 aromatic carbocycles. The van der Waals surface area contributed by atoms with Crippen LogP contribution in [0.25, 0.3) is 0 Å². The number of benzene rings is 1. The zero-order valence-electron chi connectivity index (χ0n) is 8.99. The molecule has 0 aliphatic carbocycles. The van der Waals surface area contributed by atoms with Crippen LogP contribution in [-0.4, -0.2) is 16.7 Å². The molecule has 0 radical (unpaired) electrons. The second-order valence-electron chi connectivity index (χ2n) is 3.50. The summed E-state index contributed by atoms with van der Waals surface area (Å²) in [5.74, 6) is 0.366. The summed E-state index contributed by atoms with van der Waals surface area (Å²) in [4.78, 5) is 3.89. The van der Waals surface area contributed by atoms with Crippen LogP contribution in [0.5, 0.6) is 0 Å². The van der Waals surface area contributed by atoms with Gasteiger partial charge in [0.1, 0.15) is 5.82 Å². The van der Waals surface area contributed by atoms with E-state index in [2.05, 4.69) is 31.4 Å². The standard InChI is InChI=1S/C11H11BrFN3O/c12-9-1-2-10(13)8(5-9)6-14-4-3-11-15-7-16-17-11/h1-2,5,7,14H,3-4,6H2. The first-order valence-corrected chi connectivity index (χ1v) is 5.95. The van der Waals surface area contributed by atoms with Gasteiger partial charge >= 0.3 is 0 Å². The van der Waals surface area contributed by atoms with Crippen molar-refractivity contribution in [3.8, 4) is 0 Å². The molecule has 2 rings (SSSR count). The van der Waals surface area contributed by atoms with Crippen LogP contribution in [0.1, 0.15) is 11.5 Å². The van der Waals surface area contributed by atoms with Gasteiger partial charge in [-0.05, 0) is 18.2 Å². The van der Waals surface area contributed by atoms with E-state index < -0.39 is 0 Å². The Morgan fingerprint density at radius 2 is 2.29 bits per heavy atom. The third-order valence-electron chi connectivity index (χ3n) is 2.25. The maximum atomic E-state index is 13.4. The van der Waals surface area contributed by atoms with Gasteiger partial charge in [0.25, 0.3) is 0 Å². The molecule has 1 heterocycles. The fraction of sp³-hybridized carbons (Fsp3) is 0.273. The van der Waals surface area contributed by atoms with Crippen LogP contribution in [0.15, 0.2) is 33.5 Å². The predicted octanol–water partition coefficient (Wildman–Crippen LogP) is 2.30. The van der Waals surface area contributed by atoms with Crippen LogP contribution in [0.4, 0.5) is 4.39 Å². The molecule has 90 valence electrons. The molecule has 1 N–H and O–H groups in total. The van der Waals surface area contributed by atoms with Crippen LogP contribution < -0.4 is 5.32 Å². The monoisotopic (exact) mass is 299 g/mol. The average molecular weight is 300 g/mol. The van der Waals surface area contributed by atoms with Crippen molar-refractivity contribution in [3.05, 3.63) is 46.3 Å². The average Bonchev–Trinajstić information content (AvgIpc) is 2.82. The zero-order chi connectivity index (χ0) is 12.1. The number of halogens is 2. The fourth-order valence-corrected chi connectivity index (χ4v) is 1.81. The first-order chi connectivity index (χ1) is 8.25. The molecule has 17 heavy (non-hydrogen) atoms. The van der Waals surface area contributed by atoms with E-state index >= 15 is 0 Å². The molecule has 4 nitrogen and oxygen atoms in total. The predicted molar refractivity (Wildman–Crippen MR) is 63.8 cm³/mol. The number of hydrogen-bond donors (Lipinski definition) is 1. The van der Waals surface area contributed by atoms with Crippen LogP contribution in [0.2, 0.25) is 0 Å². The van der Waals surface area contributed by atoms with Crippen LogP contribution in [0, 0.1) is 5.82 Å². The van der Waals surface area contributed by atoms with Gasteiger partial charge in [0, 0.05) is 29.5 Å². The molecule has 0 fully saturated rings. The van der Waals surface area contributed by atoms with E-state index in [1.165, 1.54) is 12.4 Å². The van der Waals surface area contributed by atoms with E-state index in [-0.39, 0.29) is 5.82 Å². The first kappa shape index (κ1) is 12.2. The summed E-state index contributed by atoms with van der Waals surface area (Å²) in [6, 6.07) is 4.88. The van der Waals surface area contributed by atoms with Crippen molar-refractivity contribution in [2.45, 2.75) is 13.0 Å². The molecular weight excluding hydrogens is 289 g/mol. The normalized spacial score (nSPS) is 10.7. The highest BCUT2D eigenvalue weighted by Crippen LogP contribution is 2.15. The van der Waals surface area contributed by atoms with E-state index in [1.807, 2.05) is 0 Å². The Morgan fingerprint density at radius 3 is 3.06 bits per heavy atom. The Kier molecular flexibility index (Phi) is 4.22. The Morgan fingerprint density at radius 1 is 1.41 bits per heavy atom. The molecule has 0 unspecified atom stereocenters. The number of nitrogens with zero attached hydrogens (tertiary/aromatic N) is 2. The molecule has 2 aromatic rings. The van der Waals surface area contributed by atoms with Gasteiger partial charge in [-0.2, -0.15) is 4.98 Å². The molecule has 0 atom stereocenters. The van der Waals surface area contributed by atoms with E-state index in [1.54, 1.807) is 12.1 Å². The van der Waals surface area contributed by atoms with Crippen LogP contribution in [0.3, 0.4) is 0 Å². The topological polar surface area (TPSA) is 51.0 Å². The quantitative estimate of drug-likeness (QED) is 0.861. The lowest BCUT2D eigenvalue weighted by atomic mass is 10.2. The minimum atomic E-state index is -0.210. The Balaban J connectivity index is 1.80. The maximum Gasteiger partial charge on any atom is 0.227 e. The van der Waals surface area contributed by atoms with Gasteiger partial charge in [-0.3, -0.25) is 0 Å². The minimum Gasteiger partial charge on any atom is -0.340 e. The summed E-state index contributed by atoms with van der Waals surface area (Å²) in [6.07, 6.45) is 2.00. The van der Waals surface area contributed by atoms with Gasteiger partial charge < -0.3 is 9.84 Å². The number of hydrogen-bond acceptors (Lipinski definition) is 4. The zero-order valence-corrected chi connectivity index (χ0v) is 10.6. The van der Waals surface area contributed by atoms with E-state index in [0.717, 1.165) is 4.47 Å². The Labute approximate surface area is 106 Å². The number of aromatic nitrogens is 2. The molecule has 6 heteroatoms. The summed E-state index contributed by atoms with van der Waals surface area (Å²) in [5, 5.41) is 6.62. The molecule has 0 amide bonds. The second kappa shape index (κ2) is 5.88. The summed E-state index contributed by atoms with van der Waals surface area (Å²) in [7, 11) is 0. The van der Waals surface area contributed by atoms with Gasteiger partial charge in [0.05, 0.1) is 0 Å². The molecule has 0 aliphatic rings. The highest BCUT2D eigenvalue weighted by atomic mass is 79.9. The van der Waals surface area contributed by atoms with E-state index in [0.29, 0.717) is 31.0 Å². The van der Waals surface area contributed by atoms with E-state index in [4.69, 9.17) is 4.52 Å². The second-order valence-corrected chi connectivity index (χ2v) is 4.41. The molecule has 0 bridgehead atoms. The van der Waals surface area contributed by atoms with Gasteiger partial charge in [-0.25, -0.2) is 4.39 Å². The smallest absolute Gasteiger partial charge is 0.227 e. The van der Waals surface area contributed by atoms with Gasteiger partial charge in [0.2, 0.25) is 5.89 Å². The lowest BCUT2D eigenvalue weighted by molar-refractivity contribution is 0.374. The SMILES string of the molecule is Fc1ccc(Br)cc1CNCCc1ncno1. The highest BCUT2D eigenvalue weighted by Gasteiger charge is 2.03. The van der Waals surface area contributed by atoms with Crippen molar-refractivity contribution in [2.24, 2.45) is 0 Å². The third-order valence-corrected chi connectivity index (χ3v) is 2.74. The number of rotatable bonds is 5. The fourth-order valence-electron chi connectivity index (χ4n) is 1.40. The molecular formula is C11H11BrFN3O. The van der Waals surface area contributed by atoms with E-state index in [9.17, 15) is 4.39 Å². The van der Waals surface area contributed by atoms with Crippen molar-refractivity contribution in [1.82, 2.24) is 15.5 Å². The van der Waals surface area contributed by atoms with Crippen LogP contribution in [-0.2, 0) is 13.0 Å². The first-order valence-electron chi connectivity index (χ1n) is 5.16. The van der Waals surface area contributed by atoms with Crippen LogP contribution >= 0.6 is 15.9 Å². The minimum absolute atomic E-state index is 0.210. The Hall–Kier alpha value is -1.27. The summed E-state index contributed by atoms with van der Waals surface area (Å²) >= 11 is 3.31. The lowest BCUT2D eigenvalue weighted by Crippen LogP contribution is -2.17. The van der Waals surface area contributed by atoms with Crippen molar-refractivity contribution in [1.29, 1.82) is 0 Å². The van der Waals surface area contributed by atoms with Gasteiger partial charge in [-0.1, -0.05) is 21.1 Å². The Bertz CT molecular complexity index is 476. The molecule has 0 aliphatic heterocycles.